The molecule has 0 bridgehead atoms. The largest absolute Gasteiger partial charge is 0.229 e. The van der Waals surface area contributed by atoms with Crippen LogP contribution in [0.2, 0.25) is 0 Å². The van der Waals surface area contributed by atoms with Crippen LogP contribution in [0.5, 0.6) is 0 Å². The second-order valence-electron chi connectivity index (χ2n) is 4.96. The zero-order chi connectivity index (χ0) is 9.15. The van der Waals surface area contributed by atoms with Crippen LogP contribution in [0.3, 0.4) is 0 Å². The zero-order valence-electron chi connectivity index (χ0n) is 8.56. The summed E-state index contributed by atoms with van der Waals surface area (Å²) in [7, 11) is 0. The molecular formula is C12H21O. The Morgan fingerprint density at radius 2 is 1.31 bits per heavy atom. The van der Waals surface area contributed by atoms with E-state index >= 15 is 0 Å². The minimum Gasteiger partial charge on any atom is -0.229 e. The minimum atomic E-state index is -0.501. The predicted molar refractivity (Wildman–Crippen MR) is 53.1 cm³/mol. The maximum Gasteiger partial charge on any atom is 0.106 e. The van der Waals surface area contributed by atoms with E-state index in [-0.39, 0.29) is 0 Å². The van der Waals surface area contributed by atoms with Gasteiger partial charge in [0.15, 0.2) is 0 Å². The molecule has 0 aliphatic heterocycles. The minimum absolute atomic E-state index is 0.501. The summed E-state index contributed by atoms with van der Waals surface area (Å²) < 4.78 is 0. The summed E-state index contributed by atoms with van der Waals surface area (Å²) in [5.41, 5.74) is -0.501. The molecule has 2 saturated carbocycles. The lowest BCUT2D eigenvalue weighted by atomic mass is 9.70. The molecular weight excluding hydrogens is 160 g/mol. The molecule has 0 aromatic rings. The molecule has 0 N–H and O–H groups in total. The number of hydrogen-bond acceptors (Lipinski definition) is 0. The molecule has 2 aliphatic rings. The fourth-order valence-electron chi connectivity index (χ4n) is 3.19. The van der Waals surface area contributed by atoms with Crippen LogP contribution in [0.25, 0.3) is 0 Å². The standard InChI is InChI=1S/C12H21O/c13-12(9-5-2-6-10-12)11-7-3-1-4-8-11/h11H,1-10H2. The molecule has 0 saturated heterocycles. The molecule has 0 spiro atoms. The van der Waals surface area contributed by atoms with Crippen molar-refractivity contribution in [2.45, 2.75) is 69.8 Å². The molecule has 0 aromatic heterocycles. The van der Waals surface area contributed by atoms with Gasteiger partial charge in [-0.2, -0.15) is 0 Å². The molecule has 0 amide bonds. The highest BCUT2D eigenvalue weighted by molar-refractivity contribution is 4.89. The number of hydrogen-bond donors (Lipinski definition) is 0. The average Bonchev–Trinajstić information content (AvgIpc) is 2.20. The summed E-state index contributed by atoms with van der Waals surface area (Å²) in [6, 6.07) is 0. The van der Waals surface area contributed by atoms with Crippen molar-refractivity contribution in [3.63, 3.8) is 0 Å². The highest BCUT2D eigenvalue weighted by Crippen LogP contribution is 2.41. The van der Waals surface area contributed by atoms with Gasteiger partial charge in [0.2, 0.25) is 0 Å². The van der Waals surface area contributed by atoms with Gasteiger partial charge in [-0.3, -0.25) is 0 Å². The van der Waals surface area contributed by atoms with Gasteiger partial charge in [-0.15, -0.1) is 0 Å². The van der Waals surface area contributed by atoms with Gasteiger partial charge in [0.05, 0.1) is 0 Å². The second kappa shape index (κ2) is 4.00. The normalized spacial score (nSPS) is 30.2. The Kier molecular flexibility index (Phi) is 2.92. The lowest BCUT2D eigenvalue weighted by molar-refractivity contribution is -0.112. The highest BCUT2D eigenvalue weighted by atomic mass is 16.3. The third kappa shape index (κ3) is 2.07. The maximum atomic E-state index is 12.5. The first-order valence-electron chi connectivity index (χ1n) is 6.02. The van der Waals surface area contributed by atoms with Gasteiger partial charge in [0.25, 0.3) is 0 Å². The Hall–Kier alpha value is -0.0400. The van der Waals surface area contributed by atoms with E-state index in [2.05, 4.69) is 0 Å². The molecule has 1 heteroatoms. The van der Waals surface area contributed by atoms with Crippen LogP contribution in [0.15, 0.2) is 0 Å². The number of rotatable bonds is 1. The molecule has 2 rings (SSSR count). The maximum absolute atomic E-state index is 12.5. The van der Waals surface area contributed by atoms with Gasteiger partial charge in [0, 0.05) is 0 Å². The fraction of sp³-hybridized carbons (Fsp3) is 1.00. The Morgan fingerprint density at radius 1 is 0.769 bits per heavy atom. The van der Waals surface area contributed by atoms with Crippen molar-refractivity contribution in [2.75, 3.05) is 0 Å². The first kappa shape index (κ1) is 9.51. The van der Waals surface area contributed by atoms with Crippen LogP contribution in [-0.2, 0) is 5.11 Å². The van der Waals surface area contributed by atoms with E-state index in [1.165, 1.54) is 51.4 Å². The zero-order valence-corrected chi connectivity index (χ0v) is 8.56. The van der Waals surface area contributed by atoms with Crippen molar-refractivity contribution in [1.82, 2.24) is 0 Å². The van der Waals surface area contributed by atoms with Gasteiger partial charge in [-0.05, 0) is 31.6 Å². The van der Waals surface area contributed by atoms with E-state index in [4.69, 9.17) is 0 Å². The van der Waals surface area contributed by atoms with Gasteiger partial charge in [-0.25, -0.2) is 5.11 Å². The Bertz CT molecular complexity index is 153. The SMILES string of the molecule is [O]C1(C2CCCCC2)CCCCC1. The van der Waals surface area contributed by atoms with Gasteiger partial charge in [-0.1, -0.05) is 38.5 Å². The lowest BCUT2D eigenvalue weighted by Crippen LogP contribution is -2.39. The third-order valence-corrected chi connectivity index (χ3v) is 4.05. The van der Waals surface area contributed by atoms with Gasteiger partial charge in [0.1, 0.15) is 5.60 Å². The summed E-state index contributed by atoms with van der Waals surface area (Å²) >= 11 is 0. The smallest absolute Gasteiger partial charge is 0.106 e. The first-order chi connectivity index (χ1) is 6.31. The van der Waals surface area contributed by atoms with Crippen LogP contribution in [0, 0.1) is 5.92 Å². The van der Waals surface area contributed by atoms with Crippen molar-refractivity contribution in [2.24, 2.45) is 5.92 Å². The topological polar surface area (TPSA) is 19.9 Å². The fourth-order valence-corrected chi connectivity index (χ4v) is 3.19. The molecule has 2 aliphatic carbocycles. The summed E-state index contributed by atoms with van der Waals surface area (Å²) in [6.07, 6.45) is 12.1. The molecule has 13 heavy (non-hydrogen) atoms. The molecule has 75 valence electrons. The van der Waals surface area contributed by atoms with E-state index in [1.54, 1.807) is 0 Å². The van der Waals surface area contributed by atoms with Crippen LogP contribution in [0.1, 0.15) is 64.2 Å². The van der Waals surface area contributed by atoms with Crippen molar-refractivity contribution < 1.29 is 5.11 Å². The summed E-state index contributed by atoms with van der Waals surface area (Å²) in [6.45, 7) is 0. The quantitative estimate of drug-likeness (QED) is 0.588. The second-order valence-corrected chi connectivity index (χ2v) is 4.96. The third-order valence-electron chi connectivity index (χ3n) is 4.05. The molecule has 0 heterocycles. The first-order valence-corrected chi connectivity index (χ1v) is 6.02. The summed E-state index contributed by atoms with van der Waals surface area (Å²) in [4.78, 5) is 0. The van der Waals surface area contributed by atoms with Gasteiger partial charge < -0.3 is 0 Å². The Morgan fingerprint density at radius 3 is 1.92 bits per heavy atom. The molecule has 0 aromatic carbocycles. The van der Waals surface area contributed by atoms with Crippen molar-refractivity contribution in [3.05, 3.63) is 0 Å². The Labute approximate surface area is 81.5 Å². The Balaban J connectivity index is 1.94. The molecule has 0 unspecified atom stereocenters. The van der Waals surface area contributed by atoms with E-state index in [9.17, 15) is 5.11 Å². The van der Waals surface area contributed by atoms with E-state index in [0.29, 0.717) is 5.92 Å². The van der Waals surface area contributed by atoms with Crippen LogP contribution >= 0.6 is 0 Å². The molecule has 0 atom stereocenters. The average molecular weight is 181 g/mol. The van der Waals surface area contributed by atoms with Crippen LogP contribution in [0.4, 0.5) is 0 Å². The van der Waals surface area contributed by atoms with E-state index < -0.39 is 5.60 Å². The molecule has 2 fully saturated rings. The predicted octanol–water partition coefficient (Wildman–Crippen LogP) is 3.70. The lowest BCUT2D eigenvalue weighted by Gasteiger charge is -2.39. The molecule has 1 radical (unpaired) electrons. The highest BCUT2D eigenvalue weighted by Gasteiger charge is 2.39. The van der Waals surface area contributed by atoms with Crippen LogP contribution in [-0.4, -0.2) is 5.60 Å². The van der Waals surface area contributed by atoms with Crippen molar-refractivity contribution in [3.8, 4) is 0 Å². The van der Waals surface area contributed by atoms with Gasteiger partial charge >= 0.3 is 0 Å². The van der Waals surface area contributed by atoms with Crippen molar-refractivity contribution in [1.29, 1.82) is 0 Å². The molecule has 1 nitrogen and oxygen atoms in total. The summed E-state index contributed by atoms with van der Waals surface area (Å²) in [5.74, 6) is 0.529. The summed E-state index contributed by atoms with van der Waals surface area (Å²) in [5, 5.41) is 12.5. The van der Waals surface area contributed by atoms with E-state index in [0.717, 1.165) is 12.8 Å². The monoisotopic (exact) mass is 181 g/mol. The van der Waals surface area contributed by atoms with E-state index in [1.807, 2.05) is 0 Å². The van der Waals surface area contributed by atoms with Crippen LogP contribution < -0.4 is 0 Å². The van der Waals surface area contributed by atoms with Crippen molar-refractivity contribution >= 4 is 0 Å².